The van der Waals surface area contributed by atoms with Crippen LogP contribution in [-0.4, -0.2) is 34.0 Å². The van der Waals surface area contributed by atoms with Crippen molar-refractivity contribution in [3.63, 3.8) is 0 Å². The number of benzene rings is 1. The molecule has 3 N–H and O–H groups in total. The van der Waals surface area contributed by atoms with Crippen LogP contribution in [0.2, 0.25) is 0 Å². The first-order valence-electron chi connectivity index (χ1n) is 7.40. The van der Waals surface area contributed by atoms with E-state index < -0.39 is 0 Å². The molecule has 1 unspecified atom stereocenters. The summed E-state index contributed by atoms with van der Waals surface area (Å²) in [6.45, 7) is 3.17. The van der Waals surface area contributed by atoms with Gasteiger partial charge in [0.25, 0.3) is 0 Å². The summed E-state index contributed by atoms with van der Waals surface area (Å²) in [7, 11) is 0. The van der Waals surface area contributed by atoms with Crippen LogP contribution >= 0.6 is 0 Å². The van der Waals surface area contributed by atoms with Crippen molar-refractivity contribution in [2.75, 3.05) is 24.1 Å². The molecule has 110 valence electrons. The van der Waals surface area contributed by atoms with Gasteiger partial charge in [0, 0.05) is 19.1 Å². The number of nitrogens with one attached hydrogen (secondary N) is 1. The summed E-state index contributed by atoms with van der Waals surface area (Å²) in [6.07, 6.45) is 5.64. The molecule has 1 atom stereocenters. The number of rotatable bonds is 4. The third kappa shape index (κ3) is 3.92. The number of hydrogen-bond donors (Lipinski definition) is 2. The lowest BCUT2D eigenvalue weighted by atomic mass is 10.0. The Morgan fingerprint density at radius 3 is 2.90 bits per heavy atom. The van der Waals surface area contributed by atoms with Crippen molar-refractivity contribution in [3.8, 4) is 0 Å². The Balaban J connectivity index is 1.58. The van der Waals surface area contributed by atoms with Gasteiger partial charge in [-0.2, -0.15) is 0 Å². The fourth-order valence-corrected chi connectivity index (χ4v) is 2.82. The van der Waals surface area contributed by atoms with E-state index in [2.05, 4.69) is 50.5 Å². The third-order valence-electron chi connectivity index (χ3n) is 3.76. The van der Waals surface area contributed by atoms with Crippen LogP contribution in [0.25, 0.3) is 0 Å². The molecule has 0 spiro atoms. The number of nitrogens with two attached hydrogens (primary N) is 1. The Hall–Kier alpha value is -2.14. The van der Waals surface area contributed by atoms with Crippen molar-refractivity contribution in [2.24, 2.45) is 0 Å². The highest BCUT2D eigenvalue weighted by Gasteiger charge is 2.20. The minimum absolute atomic E-state index is 0.401. The summed E-state index contributed by atoms with van der Waals surface area (Å²) in [4.78, 5) is 10.8. The van der Waals surface area contributed by atoms with Crippen molar-refractivity contribution in [1.29, 1.82) is 0 Å². The number of aromatic nitrogens is 2. The van der Waals surface area contributed by atoms with Crippen LogP contribution in [0.3, 0.4) is 0 Å². The second-order valence-corrected chi connectivity index (χ2v) is 5.53. The van der Waals surface area contributed by atoms with Crippen LogP contribution in [0.15, 0.2) is 42.7 Å². The molecule has 1 aromatic carbocycles. The van der Waals surface area contributed by atoms with E-state index in [0.717, 1.165) is 31.9 Å². The van der Waals surface area contributed by atoms with Gasteiger partial charge in [-0.15, -0.1) is 0 Å². The molecule has 5 nitrogen and oxygen atoms in total. The van der Waals surface area contributed by atoms with Gasteiger partial charge in [-0.05, 0) is 24.9 Å². The Morgan fingerprint density at radius 1 is 1.24 bits per heavy atom. The first kappa shape index (κ1) is 13.8. The monoisotopic (exact) mass is 283 g/mol. The van der Waals surface area contributed by atoms with Gasteiger partial charge in [-0.3, -0.25) is 9.88 Å². The maximum atomic E-state index is 5.67. The van der Waals surface area contributed by atoms with Crippen molar-refractivity contribution >= 4 is 11.6 Å². The van der Waals surface area contributed by atoms with Gasteiger partial charge < -0.3 is 11.1 Å². The Labute approximate surface area is 125 Å². The van der Waals surface area contributed by atoms with Crippen molar-refractivity contribution in [2.45, 2.75) is 25.4 Å². The van der Waals surface area contributed by atoms with Crippen molar-refractivity contribution in [1.82, 2.24) is 14.9 Å². The van der Waals surface area contributed by atoms with Crippen LogP contribution < -0.4 is 11.1 Å². The highest BCUT2D eigenvalue weighted by Crippen LogP contribution is 2.17. The summed E-state index contributed by atoms with van der Waals surface area (Å²) < 4.78 is 0. The average Bonchev–Trinajstić information content (AvgIpc) is 2.49. The topological polar surface area (TPSA) is 67.1 Å². The highest BCUT2D eigenvalue weighted by atomic mass is 15.2. The van der Waals surface area contributed by atoms with E-state index in [-0.39, 0.29) is 0 Å². The molecule has 5 heteroatoms. The molecule has 3 rings (SSSR count). The maximum absolute atomic E-state index is 5.67. The number of hydrogen-bond acceptors (Lipinski definition) is 5. The summed E-state index contributed by atoms with van der Waals surface area (Å²) in [5.74, 6) is 1.22. The normalized spacial score (nSPS) is 19.3. The fraction of sp³-hybridized carbons (Fsp3) is 0.375. The van der Waals surface area contributed by atoms with E-state index in [1.54, 1.807) is 12.4 Å². The van der Waals surface area contributed by atoms with E-state index >= 15 is 0 Å². The van der Waals surface area contributed by atoms with Crippen molar-refractivity contribution in [3.05, 3.63) is 48.3 Å². The van der Waals surface area contributed by atoms with Crippen LogP contribution in [0.1, 0.15) is 18.4 Å². The predicted molar refractivity (Wildman–Crippen MR) is 84.8 cm³/mol. The van der Waals surface area contributed by atoms with E-state index in [4.69, 9.17) is 5.73 Å². The Kier molecular flexibility index (Phi) is 4.31. The van der Waals surface area contributed by atoms with Crippen molar-refractivity contribution < 1.29 is 0 Å². The zero-order chi connectivity index (χ0) is 14.5. The quantitative estimate of drug-likeness (QED) is 0.900. The Bertz CT molecular complexity index is 572. The van der Waals surface area contributed by atoms with E-state index in [9.17, 15) is 0 Å². The molecule has 0 saturated carbocycles. The van der Waals surface area contributed by atoms with Gasteiger partial charge in [0.1, 0.15) is 11.6 Å². The zero-order valence-corrected chi connectivity index (χ0v) is 12.1. The minimum atomic E-state index is 0.401. The molecule has 2 heterocycles. The first-order chi connectivity index (χ1) is 10.3. The second-order valence-electron chi connectivity index (χ2n) is 5.53. The van der Waals surface area contributed by atoms with Crippen LogP contribution in [0, 0.1) is 0 Å². The molecule has 2 aromatic rings. The molecule has 21 heavy (non-hydrogen) atoms. The van der Waals surface area contributed by atoms with Crippen LogP contribution in [0.4, 0.5) is 11.6 Å². The fourth-order valence-electron chi connectivity index (χ4n) is 2.82. The molecular formula is C16H21N5. The van der Waals surface area contributed by atoms with Crippen LogP contribution in [-0.2, 0) is 6.54 Å². The maximum Gasteiger partial charge on any atom is 0.147 e. The largest absolute Gasteiger partial charge is 0.382 e. The first-order valence-corrected chi connectivity index (χ1v) is 7.40. The van der Waals surface area contributed by atoms with E-state index in [1.807, 2.05) is 0 Å². The smallest absolute Gasteiger partial charge is 0.147 e. The van der Waals surface area contributed by atoms with Gasteiger partial charge in [-0.25, -0.2) is 4.98 Å². The second kappa shape index (κ2) is 6.54. The Morgan fingerprint density at radius 2 is 2.10 bits per heavy atom. The molecule has 1 aromatic heterocycles. The minimum Gasteiger partial charge on any atom is -0.382 e. The highest BCUT2D eigenvalue weighted by molar-refractivity contribution is 5.39. The van der Waals surface area contributed by atoms with Gasteiger partial charge in [0.15, 0.2) is 0 Å². The van der Waals surface area contributed by atoms with Gasteiger partial charge in [-0.1, -0.05) is 30.3 Å². The molecule has 1 saturated heterocycles. The average molecular weight is 283 g/mol. The van der Waals surface area contributed by atoms with Gasteiger partial charge in [0.2, 0.25) is 0 Å². The summed E-state index contributed by atoms with van der Waals surface area (Å²) >= 11 is 0. The summed E-state index contributed by atoms with van der Waals surface area (Å²) in [5, 5.41) is 3.44. The molecule has 0 amide bonds. The molecule has 0 bridgehead atoms. The zero-order valence-electron chi connectivity index (χ0n) is 12.1. The third-order valence-corrected chi connectivity index (χ3v) is 3.76. The number of anilines is 2. The van der Waals surface area contributed by atoms with E-state index in [0.29, 0.717) is 11.9 Å². The predicted octanol–water partition coefficient (Wildman–Crippen LogP) is 2.14. The van der Waals surface area contributed by atoms with Crippen LogP contribution in [0.5, 0.6) is 0 Å². The SMILES string of the molecule is Nc1cncc(NC2CCCN(Cc3ccccc3)C2)n1. The summed E-state index contributed by atoms with van der Waals surface area (Å²) in [6, 6.07) is 11.0. The lowest BCUT2D eigenvalue weighted by molar-refractivity contribution is 0.208. The summed E-state index contributed by atoms with van der Waals surface area (Å²) in [5.41, 5.74) is 7.03. The standard InChI is InChI=1S/C16H21N5/c17-15-9-18-10-16(20-15)19-14-7-4-8-21(12-14)11-13-5-2-1-3-6-13/h1-3,5-6,9-10,14H,4,7-8,11-12H2,(H3,17,19,20). The molecule has 0 aliphatic carbocycles. The number of likely N-dealkylation sites (tertiary alicyclic amines) is 1. The molecule has 1 aliphatic rings. The van der Waals surface area contributed by atoms with Gasteiger partial charge in [0.05, 0.1) is 12.4 Å². The van der Waals surface area contributed by atoms with Gasteiger partial charge >= 0.3 is 0 Å². The number of nitrogen functional groups attached to an aromatic ring is 1. The molecule has 1 fully saturated rings. The molecule has 1 aliphatic heterocycles. The number of piperidine rings is 1. The lowest BCUT2D eigenvalue weighted by Crippen LogP contribution is -2.41. The lowest BCUT2D eigenvalue weighted by Gasteiger charge is -2.33. The number of nitrogens with zero attached hydrogens (tertiary/aromatic N) is 3. The molecular weight excluding hydrogens is 262 g/mol. The molecule has 0 radical (unpaired) electrons. The van der Waals surface area contributed by atoms with E-state index in [1.165, 1.54) is 12.0 Å².